The second-order valence-corrected chi connectivity index (χ2v) is 8.54. The Bertz CT molecular complexity index is 631. The van der Waals surface area contributed by atoms with Crippen LogP contribution in [0.1, 0.15) is 97.3 Å². The Balaban J connectivity index is 1.54. The summed E-state index contributed by atoms with van der Waals surface area (Å²) in [5.74, 6) is 0. The van der Waals surface area contributed by atoms with Crippen molar-refractivity contribution < 1.29 is 9.13 Å². The van der Waals surface area contributed by atoms with Crippen LogP contribution in [-0.4, -0.2) is 0 Å². The molecular weight excluding hydrogens is 352 g/mol. The largest absolute Gasteiger partial charge is 0.205 e. The highest BCUT2D eigenvalue weighted by atomic mass is 14.9. The van der Waals surface area contributed by atoms with Gasteiger partial charge in [-0.3, -0.25) is 0 Å². The molecular formula is C27H44N2+2. The van der Waals surface area contributed by atoms with Gasteiger partial charge in [-0.2, -0.15) is 0 Å². The fourth-order valence-corrected chi connectivity index (χ4v) is 3.99. The van der Waals surface area contributed by atoms with Crippen molar-refractivity contribution in [2.24, 2.45) is 0 Å². The number of hydrogen-bond donors (Lipinski definition) is 0. The van der Waals surface area contributed by atoms with E-state index in [4.69, 9.17) is 0 Å². The SMILES string of the molecule is CCCCCCCCCCCCCC[n+]1ccc(-c2cc[n+](CCC)cc2)cc1. The van der Waals surface area contributed by atoms with Crippen LogP contribution in [0.5, 0.6) is 0 Å². The molecule has 160 valence electrons. The average molecular weight is 397 g/mol. The van der Waals surface area contributed by atoms with Gasteiger partial charge in [0.25, 0.3) is 0 Å². The van der Waals surface area contributed by atoms with E-state index in [0.29, 0.717) is 0 Å². The molecule has 0 amide bonds. The minimum absolute atomic E-state index is 1.09. The highest BCUT2D eigenvalue weighted by Crippen LogP contribution is 2.16. The van der Waals surface area contributed by atoms with Crippen LogP contribution in [0.2, 0.25) is 0 Å². The van der Waals surface area contributed by atoms with E-state index in [2.05, 4.69) is 72.0 Å². The number of pyridine rings is 2. The maximum absolute atomic E-state index is 2.33. The lowest BCUT2D eigenvalue weighted by Crippen LogP contribution is -2.32. The van der Waals surface area contributed by atoms with E-state index >= 15 is 0 Å². The summed E-state index contributed by atoms with van der Waals surface area (Å²) >= 11 is 0. The molecule has 0 aromatic carbocycles. The van der Waals surface area contributed by atoms with Gasteiger partial charge in [0.2, 0.25) is 0 Å². The van der Waals surface area contributed by atoms with Gasteiger partial charge in [-0.15, -0.1) is 0 Å². The van der Waals surface area contributed by atoms with Crippen LogP contribution < -0.4 is 9.13 Å². The number of hydrogen-bond acceptors (Lipinski definition) is 0. The molecule has 0 aliphatic heterocycles. The summed E-state index contributed by atoms with van der Waals surface area (Å²) in [6.07, 6.45) is 27.0. The molecule has 0 aliphatic carbocycles. The fourth-order valence-electron chi connectivity index (χ4n) is 3.99. The molecule has 29 heavy (non-hydrogen) atoms. The smallest absolute Gasteiger partial charge is 0.169 e. The number of aromatic nitrogens is 2. The molecule has 2 rings (SSSR count). The van der Waals surface area contributed by atoms with Gasteiger partial charge in [0, 0.05) is 37.1 Å². The lowest BCUT2D eigenvalue weighted by molar-refractivity contribution is -0.697. The number of nitrogens with zero attached hydrogens (tertiary/aromatic N) is 2. The van der Waals surface area contributed by atoms with Gasteiger partial charge in [0.05, 0.1) is 0 Å². The number of rotatable bonds is 16. The molecule has 0 N–H and O–H groups in total. The summed E-state index contributed by atoms with van der Waals surface area (Å²) in [5, 5.41) is 0. The topological polar surface area (TPSA) is 7.76 Å². The summed E-state index contributed by atoms with van der Waals surface area (Å²) in [6.45, 7) is 6.74. The molecule has 2 heterocycles. The summed E-state index contributed by atoms with van der Waals surface area (Å²) in [5.41, 5.74) is 2.61. The van der Waals surface area contributed by atoms with Gasteiger partial charge in [-0.05, 0) is 17.5 Å². The molecule has 2 aromatic heterocycles. The molecule has 0 radical (unpaired) electrons. The minimum Gasteiger partial charge on any atom is -0.205 e. The van der Waals surface area contributed by atoms with E-state index in [1.165, 1.54) is 94.6 Å². The Hall–Kier alpha value is -1.70. The van der Waals surface area contributed by atoms with Crippen molar-refractivity contribution in [2.45, 2.75) is 110 Å². The highest BCUT2D eigenvalue weighted by molar-refractivity contribution is 5.60. The van der Waals surface area contributed by atoms with Crippen molar-refractivity contribution >= 4 is 0 Å². The Morgan fingerprint density at radius 2 is 0.828 bits per heavy atom. The van der Waals surface area contributed by atoms with Crippen LogP contribution in [0, 0.1) is 0 Å². The van der Waals surface area contributed by atoms with Crippen LogP contribution in [0.25, 0.3) is 11.1 Å². The van der Waals surface area contributed by atoms with E-state index in [1.807, 2.05) is 0 Å². The Labute approximate surface area is 180 Å². The third-order valence-corrected chi connectivity index (χ3v) is 5.87. The fraction of sp³-hybridized carbons (Fsp3) is 0.630. The third-order valence-electron chi connectivity index (χ3n) is 5.87. The number of unbranched alkanes of at least 4 members (excludes halogenated alkanes) is 11. The third kappa shape index (κ3) is 10.1. The summed E-state index contributed by atoms with van der Waals surface area (Å²) in [4.78, 5) is 0. The van der Waals surface area contributed by atoms with E-state index in [-0.39, 0.29) is 0 Å². The van der Waals surface area contributed by atoms with E-state index in [9.17, 15) is 0 Å². The average Bonchev–Trinajstić information content (AvgIpc) is 2.76. The van der Waals surface area contributed by atoms with Gasteiger partial charge in [0.1, 0.15) is 13.1 Å². The van der Waals surface area contributed by atoms with Crippen LogP contribution in [0.4, 0.5) is 0 Å². The van der Waals surface area contributed by atoms with Crippen LogP contribution in [0.3, 0.4) is 0 Å². The normalized spacial score (nSPS) is 11.1. The van der Waals surface area contributed by atoms with Crippen molar-refractivity contribution in [3.63, 3.8) is 0 Å². The second-order valence-electron chi connectivity index (χ2n) is 8.54. The zero-order valence-corrected chi connectivity index (χ0v) is 19.1. The molecule has 0 spiro atoms. The van der Waals surface area contributed by atoms with Crippen molar-refractivity contribution in [3.8, 4) is 11.1 Å². The molecule has 0 fully saturated rings. The molecule has 0 saturated heterocycles. The highest BCUT2D eigenvalue weighted by Gasteiger charge is 2.05. The first-order valence-corrected chi connectivity index (χ1v) is 12.3. The zero-order chi connectivity index (χ0) is 20.6. The monoisotopic (exact) mass is 396 g/mol. The summed E-state index contributed by atoms with van der Waals surface area (Å²) in [6, 6.07) is 8.95. The van der Waals surface area contributed by atoms with E-state index in [0.717, 1.165) is 13.1 Å². The first-order valence-electron chi connectivity index (χ1n) is 12.3. The van der Waals surface area contributed by atoms with Crippen molar-refractivity contribution in [1.82, 2.24) is 0 Å². The second kappa shape index (κ2) is 15.2. The Morgan fingerprint density at radius 1 is 0.448 bits per heavy atom. The molecule has 0 unspecified atom stereocenters. The van der Waals surface area contributed by atoms with Crippen molar-refractivity contribution in [1.29, 1.82) is 0 Å². The quantitative estimate of drug-likeness (QED) is 0.212. The standard InChI is InChI=1S/C27H44N2/c1-3-5-6-7-8-9-10-11-12-13-14-15-21-29-24-18-27(19-25-29)26-16-22-28(20-4-2)23-17-26/h16-19,22-25H,3-15,20-21H2,1-2H3/q+2. The molecule has 2 heteroatoms. The van der Waals surface area contributed by atoms with Crippen molar-refractivity contribution in [2.75, 3.05) is 0 Å². The molecule has 0 bridgehead atoms. The summed E-state index contributed by atoms with van der Waals surface area (Å²) in [7, 11) is 0. The molecule has 0 saturated carbocycles. The maximum Gasteiger partial charge on any atom is 0.169 e. The predicted octanol–water partition coefficient (Wildman–Crippen LogP) is 7.04. The first-order chi connectivity index (χ1) is 14.3. The minimum atomic E-state index is 1.09. The zero-order valence-electron chi connectivity index (χ0n) is 19.1. The van der Waals surface area contributed by atoms with Crippen LogP contribution >= 0.6 is 0 Å². The van der Waals surface area contributed by atoms with Gasteiger partial charge in [-0.25, -0.2) is 9.13 Å². The van der Waals surface area contributed by atoms with Gasteiger partial charge < -0.3 is 0 Å². The van der Waals surface area contributed by atoms with Gasteiger partial charge in [0.15, 0.2) is 24.8 Å². The van der Waals surface area contributed by atoms with E-state index in [1.54, 1.807) is 0 Å². The number of aryl methyl sites for hydroxylation is 2. The predicted molar refractivity (Wildman–Crippen MR) is 124 cm³/mol. The Kier molecular flexibility index (Phi) is 12.3. The Morgan fingerprint density at radius 3 is 1.24 bits per heavy atom. The molecule has 2 nitrogen and oxygen atoms in total. The molecule has 0 atom stereocenters. The molecule has 2 aromatic rings. The lowest BCUT2D eigenvalue weighted by atomic mass is 10.1. The lowest BCUT2D eigenvalue weighted by Gasteiger charge is -2.03. The van der Waals surface area contributed by atoms with Gasteiger partial charge >= 0.3 is 0 Å². The maximum atomic E-state index is 2.33. The summed E-state index contributed by atoms with van der Waals surface area (Å²) < 4.78 is 4.58. The van der Waals surface area contributed by atoms with Gasteiger partial charge in [-0.1, -0.05) is 78.1 Å². The van der Waals surface area contributed by atoms with Crippen molar-refractivity contribution in [3.05, 3.63) is 49.1 Å². The molecule has 0 aliphatic rings. The van der Waals surface area contributed by atoms with Crippen LogP contribution in [0.15, 0.2) is 49.1 Å². The van der Waals surface area contributed by atoms with Crippen LogP contribution in [-0.2, 0) is 13.1 Å². The first kappa shape index (κ1) is 23.6. The van der Waals surface area contributed by atoms with E-state index < -0.39 is 0 Å².